The number of rotatable bonds is 52. The van der Waals surface area contributed by atoms with Crippen LogP contribution < -0.4 is 102 Å². The van der Waals surface area contributed by atoms with Crippen molar-refractivity contribution in [1.29, 1.82) is 0 Å². The van der Waals surface area contributed by atoms with E-state index in [-0.39, 0.29) is 128 Å². The fourth-order valence-corrected chi connectivity index (χ4v) is 17.7. The first-order chi connectivity index (χ1) is 56.8. The summed E-state index contributed by atoms with van der Waals surface area (Å²) in [6.07, 6.45) is -12.4. The maximum absolute atomic E-state index is 13.0. The summed E-state index contributed by atoms with van der Waals surface area (Å²) in [4.78, 5) is 156. The third-order valence-corrected chi connectivity index (χ3v) is 24.4. The molecule has 6 heterocycles. The van der Waals surface area contributed by atoms with E-state index in [4.69, 9.17) is 27.4 Å². The Morgan fingerprint density at radius 1 is 0.336 bits per heavy atom. The number of carbonyl (C=O) groups excluding carboxylic acids is 13. The zero-order chi connectivity index (χ0) is 87.7. The predicted molar refractivity (Wildman–Crippen MR) is 436 cm³/mol. The summed E-state index contributed by atoms with van der Waals surface area (Å²) in [6.45, 7) is 3.03. The Morgan fingerprint density at radius 3 is 0.950 bits per heavy atom. The Bertz CT molecular complexity index is 3430. The molecule has 0 bridgehead atoms. The van der Waals surface area contributed by atoms with E-state index >= 15 is 0 Å². The summed E-state index contributed by atoms with van der Waals surface area (Å²) in [5, 5.41) is 161. The summed E-state index contributed by atoms with van der Waals surface area (Å²) in [6, 6.07) is 4.36. The molecule has 0 radical (unpaired) electrons. The average molecular weight is 1750 g/mol. The number of aliphatic hydroxyl groups is 12. The smallest absolute Gasteiger partial charge is 0.315 e. The number of hydrogen-bond donors (Lipinski definition) is 31. The molecule has 44 nitrogen and oxygen atoms in total. The zero-order valence-corrected chi connectivity index (χ0v) is 68.7. The van der Waals surface area contributed by atoms with Crippen molar-refractivity contribution < 1.29 is 124 Å². The van der Waals surface area contributed by atoms with Crippen LogP contribution in [-0.2, 0) is 38.4 Å². The molecule has 1 aromatic rings. The summed E-state index contributed by atoms with van der Waals surface area (Å²) in [5.74, 6) is -3.75. The molecule has 7 rings (SSSR count). The van der Waals surface area contributed by atoms with Gasteiger partial charge in [-0.2, -0.15) is 35.3 Å². The molecule has 19 atom stereocenters. The fraction of sp³-hybridized carbons (Fsp3) is 0.736. The first-order valence-corrected chi connectivity index (χ1v) is 43.2. The number of carbonyl (C=O) groups is 13. The second-order valence-corrected chi connectivity index (χ2v) is 33.0. The van der Waals surface area contributed by atoms with E-state index in [1.54, 1.807) is 0 Å². The number of nitrogens with one attached hydrogen (secondary N) is 16. The van der Waals surface area contributed by atoms with Gasteiger partial charge >= 0.3 is 18.1 Å². The number of anilines is 1. The van der Waals surface area contributed by atoms with Gasteiger partial charge in [0.15, 0.2) is 36.8 Å². The van der Waals surface area contributed by atoms with Crippen LogP contribution in [0.15, 0.2) is 18.2 Å². The molecule has 6 saturated heterocycles. The van der Waals surface area contributed by atoms with E-state index in [2.05, 4.69) is 85.1 Å². The molecule has 0 spiro atoms. The lowest BCUT2D eigenvalue weighted by Gasteiger charge is -2.26. The van der Waals surface area contributed by atoms with Crippen LogP contribution in [0.4, 0.5) is 20.1 Å². The number of benzene rings is 1. The number of nitrogens with two attached hydrogens (primary N) is 3. The van der Waals surface area contributed by atoms with Crippen molar-refractivity contribution in [2.75, 3.05) is 101 Å². The first kappa shape index (κ1) is 102. The van der Waals surface area contributed by atoms with Crippen molar-refractivity contribution in [3.05, 3.63) is 29.3 Å². The van der Waals surface area contributed by atoms with Gasteiger partial charge in [-0.25, -0.2) is 14.4 Å². The zero-order valence-electron chi connectivity index (χ0n) is 66.2. The van der Waals surface area contributed by atoms with E-state index in [0.717, 1.165) is 68.6 Å². The highest BCUT2D eigenvalue weighted by Gasteiger charge is 2.46. The van der Waals surface area contributed by atoms with Crippen LogP contribution in [0.3, 0.4) is 0 Å². The molecule has 0 aromatic heterocycles. The van der Waals surface area contributed by atoms with E-state index < -0.39 is 109 Å². The summed E-state index contributed by atoms with van der Waals surface area (Å²) in [5.41, 5.74) is 15.9. The van der Waals surface area contributed by atoms with Crippen molar-refractivity contribution in [3.63, 3.8) is 0 Å². The number of hydrogen-bond acceptors (Lipinski definition) is 31. The highest BCUT2D eigenvalue weighted by molar-refractivity contribution is 8.00. The highest BCUT2D eigenvalue weighted by atomic mass is 32.2. The third-order valence-electron chi connectivity index (χ3n) is 19.9. The number of thioether (sulfide) groups is 3. The van der Waals surface area contributed by atoms with Crippen LogP contribution in [0.2, 0.25) is 0 Å². The van der Waals surface area contributed by atoms with Crippen molar-refractivity contribution >= 4 is 118 Å². The second-order valence-electron chi connectivity index (χ2n) is 29.2. The lowest BCUT2D eigenvalue weighted by Crippen LogP contribution is -2.54. The van der Waals surface area contributed by atoms with E-state index in [1.165, 1.54) is 18.2 Å². The molecule has 6 aliphatic rings. The minimum absolute atomic E-state index is 0.0304. The Kier molecular flexibility index (Phi) is 46.6. The standard InChI is InChI=1S/C30H47N7O11S.C22H40N6O8S.C20H36N6O6S/c31-7-3-8-33-26(43)15-11-16(13-17(12-15)35-28(45)24(41)22(39)23(40)25(42)29(46)47)27(44)34-10-4-9-32-20(38)6-2-1-5-19-21-18(14-49-19)36-30(48)37-21;23-7-3-8-25-20(34)18(32)16(30)17(31)19(33)21(35)26-10-4-9-24-14(29)6-2-1-5-13-15-12(11-37-13)27-22(36)28-15;21-7-3-8-23-18(30)16(28)17(29)19(31)24-10-4-9-22-14(27)6-2-1-5-13-15-12(11-33-13)25-20(32)26-15/h11-13,18-19,21-25,29,39-42,46-47H,1-10,14,31H2,(H,32,38)(H,33,43)(H,34,44)(H,35,45)(H2,36,37,48);12-13,15-19,30-33H,1-11,23H2,(H,24,29)(H,25,34)(H,26,35)(H2,27,28,36);12-13,15-17,28-29H,1-11,21H2,(H,22,27)(H,23,30)(H,24,31)(H2,25,26,32). The molecule has 119 heavy (non-hydrogen) atoms. The molecule has 47 heteroatoms. The molecule has 1 aromatic carbocycles. The van der Waals surface area contributed by atoms with Gasteiger partial charge in [0.25, 0.3) is 41.4 Å². The van der Waals surface area contributed by atoms with Gasteiger partial charge in [-0.15, -0.1) is 0 Å². The maximum atomic E-state index is 13.0. The fourth-order valence-electron chi connectivity index (χ4n) is 13.1. The molecule has 0 saturated carbocycles. The Balaban J connectivity index is 0.000000325. The van der Waals surface area contributed by atoms with Gasteiger partial charge in [0.05, 0.1) is 36.3 Å². The van der Waals surface area contributed by atoms with Crippen molar-refractivity contribution in [2.24, 2.45) is 17.2 Å². The summed E-state index contributed by atoms with van der Waals surface area (Å²) in [7, 11) is 0. The van der Waals surface area contributed by atoms with Gasteiger partial charge < -0.3 is 164 Å². The number of fused-ring (bicyclic) bond motifs is 3. The van der Waals surface area contributed by atoms with Crippen LogP contribution in [-0.4, -0.2) is 354 Å². The first-order valence-electron chi connectivity index (χ1n) is 40.1. The minimum atomic E-state index is -2.46. The van der Waals surface area contributed by atoms with Crippen molar-refractivity contribution in [2.45, 2.75) is 235 Å². The van der Waals surface area contributed by atoms with Crippen LogP contribution in [0.5, 0.6) is 0 Å². The molecular formula is C72H123N19O25S3. The predicted octanol–water partition coefficient (Wildman–Crippen LogP) is -9.82. The van der Waals surface area contributed by atoms with Crippen LogP contribution in [0.1, 0.15) is 136 Å². The largest absolute Gasteiger partial charge is 0.387 e. The molecule has 6 fully saturated rings. The average Bonchev–Trinajstić information content (AvgIpc) is 1.70. The normalized spacial score (nSPS) is 22.3. The molecule has 34 N–H and O–H groups in total. The van der Waals surface area contributed by atoms with E-state index in [1.807, 2.05) is 35.3 Å². The molecule has 19 unspecified atom stereocenters. The van der Waals surface area contributed by atoms with Gasteiger partial charge in [-0.1, -0.05) is 19.3 Å². The minimum Gasteiger partial charge on any atom is -0.387 e. The van der Waals surface area contributed by atoms with Crippen molar-refractivity contribution in [3.8, 4) is 0 Å². The number of aliphatic hydroxyl groups excluding tert-OH is 11. The molecule has 674 valence electrons. The van der Waals surface area contributed by atoms with Gasteiger partial charge in [0, 0.05) is 128 Å². The van der Waals surface area contributed by atoms with Crippen LogP contribution in [0.25, 0.3) is 0 Å². The molecule has 6 aliphatic heterocycles. The van der Waals surface area contributed by atoms with Gasteiger partial charge in [0.2, 0.25) is 17.7 Å². The number of amides is 16. The van der Waals surface area contributed by atoms with E-state index in [9.17, 15) is 113 Å². The molecular weight excluding hydrogens is 1630 g/mol. The van der Waals surface area contributed by atoms with Crippen molar-refractivity contribution in [1.82, 2.24) is 79.8 Å². The Morgan fingerprint density at radius 2 is 0.622 bits per heavy atom. The monoisotopic (exact) mass is 1750 g/mol. The maximum Gasteiger partial charge on any atom is 0.315 e. The van der Waals surface area contributed by atoms with Crippen LogP contribution >= 0.6 is 35.3 Å². The molecule has 16 amide bonds. The summed E-state index contributed by atoms with van der Waals surface area (Å²) >= 11 is 5.51. The lowest BCUT2D eigenvalue weighted by atomic mass is 10.0. The molecule has 0 aliphatic carbocycles. The van der Waals surface area contributed by atoms with Gasteiger partial charge in [0.1, 0.15) is 30.5 Å². The SMILES string of the molecule is NCCCNC(=O)C(O)C(O)C(=O)NCCCNC(=O)CCCCC1SCC2NC(=O)NC21.NCCCNC(=O)C(O)C(O)C(O)C(O)C(=O)NCCCNC(=O)CCCCC1SCC2NC(=O)NC21.NCCCNC(=O)c1cc(NC(=O)C(O)C(O)C(O)C(O)C(O)O)cc(C(=O)NCCCNC(=O)CCCCC2SCC3NC(=O)NC32)c1. The van der Waals surface area contributed by atoms with Gasteiger partial charge in [-0.05, 0) is 115 Å². The summed E-state index contributed by atoms with van der Waals surface area (Å²) < 4.78 is 0. The van der Waals surface area contributed by atoms with Gasteiger partial charge in [-0.3, -0.25) is 47.9 Å². The number of urea groups is 3. The third kappa shape index (κ3) is 35.3. The van der Waals surface area contributed by atoms with E-state index in [0.29, 0.717) is 119 Å². The Hall–Kier alpha value is -7.82. The Labute approximate surface area is 700 Å². The second kappa shape index (κ2) is 54.5. The quantitative estimate of drug-likeness (QED) is 0.0164. The lowest BCUT2D eigenvalue weighted by molar-refractivity contribution is -0.189. The topological polar surface area (TPSA) is 735 Å². The van der Waals surface area contributed by atoms with Crippen LogP contribution in [0, 0.1) is 0 Å². The number of unbranched alkanes of at least 4 members (excludes halogenated alkanes) is 3. The highest BCUT2D eigenvalue weighted by Crippen LogP contribution is 2.36.